The van der Waals surface area contributed by atoms with Gasteiger partial charge in [-0.1, -0.05) is 36.8 Å². The summed E-state index contributed by atoms with van der Waals surface area (Å²) in [7, 11) is 1.30. The molecule has 1 aliphatic heterocycles. The second kappa shape index (κ2) is 9.49. The molecule has 3 atom stereocenters. The lowest BCUT2D eigenvalue weighted by Gasteiger charge is -2.34. The molecule has 0 bridgehead atoms. The van der Waals surface area contributed by atoms with E-state index in [1.54, 1.807) is 0 Å². The highest BCUT2D eigenvalue weighted by molar-refractivity contribution is 6.18. The molecule has 1 fully saturated rings. The Hall–Kier alpha value is -1.79. The van der Waals surface area contributed by atoms with Gasteiger partial charge < -0.3 is 20.1 Å². The van der Waals surface area contributed by atoms with Crippen LogP contribution in [-0.4, -0.2) is 43.2 Å². The molecule has 0 aromatic heterocycles. The van der Waals surface area contributed by atoms with E-state index in [0.717, 1.165) is 24.8 Å². The molecule has 1 aromatic rings. The second-order valence-corrected chi connectivity index (χ2v) is 6.07. The number of alkyl halides is 1. The molecule has 2 rings (SSSR count). The summed E-state index contributed by atoms with van der Waals surface area (Å²) in [4.78, 5) is 24.1. The molecule has 24 heavy (non-hydrogen) atoms. The summed E-state index contributed by atoms with van der Waals surface area (Å²) >= 11 is 5.90. The second-order valence-electron chi connectivity index (χ2n) is 5.76. The quantitative estimate of drug-likeness (QED) is 0.605. The van der Waals surface area contributed by atoms with Crippen molar-refractivity contribution in [2.75, 3.05) is 13.0 Å². The monoisotopic (exact) mass is 354 g/mol. The molecule has 1 aromatic carbocycles. The highest BCUT2D eigenvalue weighted by atomic mass is 35.5. The number of hydrogen-bond donors (Lipinski definition) is 2. The minimum absolute atomic E-state index is 0.125. The fourth-order valence-corrected chi connectivity index (χ4v) is 3.02. The smallest absolute Gasteiger partial charge is 0.408 e. The van der Waals surface area contributed by atoms with Crippen molar-refractivity contribution in [2.45, 2.75) is 44.0 Å². The number of nitrogens with one attached hydrogen (secondary N) is 2. The van der Waals surface area contributed by atoms with Gasteiger partial charge in [0.05, 0.1) is 7.11 Å². The van der Waals surface area contributed by atoms with E-state index in [0.29, 0.717) is 5.88 Å². The van der Waals surface area contributed by atoms with Gasteiger partial charge in [-0.2, -0.15) is 0 Å². The third-order valence-electron chi connectivity index (χ3n) is 4.05. The molecule has 1 aliphatic rings. The van der Waals surface area contributed by atoms with Crippen molar-refractivity contribution in [1.82, 2.24) is 10.6 Å². The molecule has 132 valence electrons. The number of ether oxygens (including phenoxy) is 2. The number of methoxy groups -OCH3 is 1. The topological polar surface area (TPSA) is 76.7 Å². The van der Waals surface area contributed by atoms with Gasteiger partial charge in [0.1, 0.15) is 12.6 Å². The van der Waals surface area contributed by atoms with E-state index in [2.05, 4.69) is 10.6 Å². The number of carbonyl (C=O) groups excluding carboxylic acids is 2. The molecule has 0 aliphatic carbocycles. The van der Waals surface area contributed by atoms with Gasteiger partial charge in [0, 0.05) is 18.0 Å². The third-order valence-corrected chi connectivity index (χ3v) is 4.42. The van der Waals surface area contributed by atoms with Gasteiger partial charge in [0.25, 0.3) is 0 Å². The summed E-state index contributed by atoms with van der Waals surface area (Å²) in [5.74, 6) is -0.0394. The molecule has 0 unspecified atom stereocenters. The molecule has 0 saturated carbocycles. The minimum atomic E-state index is -0.802. The maximum absolute atomic E-state index is 12.1. The number of rotatable bonds is 6. The van der Waals surface area contributed by atoms with Crippen LogP contribution in [-0.2, 0) is 20.9 Å². The van der Waals surface area contributed by atoms with Crippen LogP contribution < -0.4 is 10.6 Å². The molecule has 1 heterocycles. The lowest BCUT2D eigenvalue weighted by atomic mass is 9.94. The fourth-order valence-electron chi connectivity index (χ4n) is 2.78. The Morgan fingerprint density at radius 1 is 1.33 bits per heavy atom. The van der Waals surface area contributed by atoms with Crippen LogP contribution in [0, 0.1) is 0 Å². The van der Waals surface area contributed by atoms with Crippen LogP contribution in [0.5, 0.6) is 0 Å². The average molecular weight is 355 g/mol. The van der Waals surface area contributed by atoms with E-state index in [1.165, 1.54) is 7.11 Å². The molecule has 1 saturated heterocycles. The number of piperidine rings is 1. The number of benzene rings is 1. The van der Waals surface area contributed by atoms with Gasteiger partial charge in [-0.05, 0) is 18.4 Å². The molecular formula is C17H23ClN2O4. The van der Waals surface area contributed by atoms with Crippen molar-refractivity contribution >= 4 is 23.7 Å². The van der Waals surface area contributed by atoms with E-state index in [9.17, 15) is 9.59 Å². The van der Waals surface area contributed by atoms with Crippen molar-refractivity contribution in [1.29, 1.82) is 0 Å². The molecule has 2 N–H and O–H groups in total. The van der Waals surface area contributed by atoms with Gasteiger partial charge >= 0.3 is 12.1 Å². The molecule has 7 heteroatoms. The van der Waals surface area contributed by atoms with Crippen LogP contribution in [0.2, 0.25) is 0 Å². The standard InChI is InChI=1S/C17H23ClN2O4/c1-23-16(21)15(14-9-5-8-13(10-18)19-14)20-17(22)24-11-12-6-3-2-4-7-12/h2-4,6-7,13-15,19H,5,8-11H2,1H3,(H,20,22)/t13-,14-,15+/m0/s1. The first-order valence-corrected chi connectivity index (χ1v) is 8.54. The van der Waals surface area contributed by atoms with Gasteiger partial charge in [-0.25, -0.2) is 9.59 Å². The van der Waals surface area contributed by atoms with Crippen molar-refractivity contribution in [2.24, 2.45) is 0 Å². The van der Waals surface area contributed by atoms with Crippen LogP contribution in [0.1, 0.15) is 24.8 Å². The Bertz CT molecular complexity index is 541. The summed E-state index contributed by atoms with van der Waals surface area (Å²) in [6, 6.07) is 8.44. The maximum Gasteiger partial charge on any atom is 0.408 e. The largest absolute Gasteiger partial charge is 0.467 e. The highest BCUT2D eigenvalue weighted by Gasteiger charge is 2.34. The summed E-state index contributed by atoms with van der Waals surface area (Å²) in [5, 5.41) is 5.91. The Balaban J connectivity index is 1.92. The van der Waals surface area contributed by atoms with Crippen molar-refractivity contribution < 1.29 is 19.1 Å². The first kappa shape index (κ1) is 18.5. The molecule has 1 amide bonds. The van der Waals surface area contributed by atoms with E-state index in [1.807, 2.05) is 30.3 Å². The molecule has 0 spiro atoms. The Morgan fingerprint density at radius 3 is 2.75 bits per heavy atom. The van der Waals surface area contributed by atoms with Gasteiger partial charge in [-0.15, -0.1) is 11.6 Å². The number of amides is 1. The lowest BCUT2D eigenvalue weighted by Crippen LogP contribution is -2.58. The van der Waals surface area contributed by atoms with Crippen LogP contribution in [0.4, 0.5) is 4.79 Å². The van der Waals surface area contributed by atoms with Crippen molar-refractivity contribution in [3.8, 4) is 0 Å². The van der Waals surface area contributed by atoms with Gasteiger partial charge in [-0.3, -0.25) is 0 Å². The zero-order chi connectivity index (χ0) is 17.4. The van der Waals surface area contributed by atoms with Gasteiger partial charge in [0.15, 0.2) is 0 Å². The number of carbonyl (C=O) groups is 2. The normalized spacial score (nSPS) is 21.6. The van der Waals surface area contributed by atoms with Crippen LogP contribution >= 0.6 is 11.6 Å². The zero-order valence-corrected chi connectivity index (χ0v) is 14.4. The van der Waals surface area contributed by atoms with Crippen LogP contribution in [0.3, 0.4) is 0 Å². The van der Waals surface area contributed by atoms with Crippen molar-refractivity contribution in [3.05, 3.63) is 35.9 Å². The average Bonchev–Trinajstić information content (AvgIpc) is 2.64. The predicted octanol–water partition coefficient (Wildman–Crippen LogP) is 2.20. The molecule has 0 radical (unpaired) electrons. The molecule has 6 nitrogen and oxygen atoms in total. The summed E-state index contributed by atoms with van der Waals surface area (Å²) in [6.07, 6.45) is 1.99. The number of alkyl carbamates (subject to hydrolysis) is 1. The SMILES string of the molecule is COC(=O)[C@H](NC(=O)OCc1ccccc1)[C@@H]1CCC[C@@H](CCl)N1. The number of hydrogen-bond acceptors (Lipinski definition) is 5. The first-order valence-electron chi connectivity index (χ1n) is 8.01. The van der Waals surface area contributed by atoms with E-state index < -0.39 is 18.1 Å². The summed E-state index contributed by atoms with van der Waals surface area (Å²) in [6.45, 7) is 0.142. The minimum Gasteiger partial charge on any atom is -0.467 e. The summed E-state index contributed by atoms with van der Waals surface area (Å²) < 4.78 is 10.0. The Kier molecular flexibility index (Phi) is 7.34. The van der Waals surface area contributed by atoms with E-state index in [4.69, 9.17) is 21.1 Å². The predicted molar refractivity (Wildman–Crippen MR) is 90.8 cm³/mol. The lowest BCUT2D eigenvalue weighted by molar-refractivity contribution is -0.144. The summed E-state index contributed by atoms with van der Waals surface area (Å²) in [5.41, 5.74) is 0.875. The van der Waals surface area contributed by atoms with Crippen LogP contribution in [0.25, 0.3) is 0 Å². The number of esters is 1. The molecular weight excluding hydrogens is 332 g/mol. The van der Waals surface area contributed by atoms with E-state index >= 15 is 0 Å². The number of halogens is 1. The van der Waals surface area contributed by atoms with Crippen LogP contribution in [0.15, 0.2) is 30.3 Å². The zero-order valence-electron chi connectivity index (χ0n) is 13.7. The third kappa shape index (κ3) is 5.39. The fraction of sp³-hybridized carbons (Fsp3) is 0.529. The first-order chi connectivity index (χ1) is 11.6. The van der Waals surface area contributed by atoms with Gasteiger partial charge in [0.2, 0.25) is 0 Å². The highest BCUT2D eigenvalue weighted by Crippen LogP contribution is 2.17. The van der Waals surface area contributed by atoms with E-state index in [-0.39, 0.29) is 18.7 Å². The Labute approximate surface area is 146 Å². The van der Waals surface area contributed by atoms with Crippen molar-refractivity contribution in [3.63, 3.8) is 0 Å². The maximum atomic E-state index is 12.1. The Morgan fingerprint density at radius 2 is 2.08 bits per heavy atom.